The van der Waals surface area contributed by atoms with E-state index in [0.717, 1.165) is 10.7 Å². The number of hydrogen-bond acceptors (Lipinski definition) is 4. The Kier molecular flexibility index (Phi) is 4.29. The standard InChI is InChI=1S/C16H16FN3OS/c1-11(2)20-15(14-7-4-8-21-14)18-19-16(20)22-10-12-5-3-6-13(17)9-12/h3-9,11H,10H2,1-2H3. The van der Waals surface area contributed by atoms with Crippen LogP contribution in [-0.2, 0) is 5.75 Å². The van der Waals surface area contributed by atoms with Crippen LogP contribution in [0.3, 0.4) is 0 Å². The van der Waals surface area contributed by atoms with Crippen molar-refractivity contribution in [3.05, 3.63) is 54.0 Å². The molecule has 0 radical (unpaired) electrons. The molecule has 0 unspecified atom stereocenters. The molecule has 2 heterocycles. The molecule has 0 fully saturated rings. The van der Waals surface area contributed by atoms with Crippen molar-refractivity contribution < 1.29 is 8.81 Å². The Morgan fingerprint density at radius 2 is 2.09 bits per heavy atom. The van der Waals surface area contributed by atoms with Crippen LogP contribution in [0.5, 0.6) is 0 Å². The summed E-state index contributed by atoms with van der Waals surface area (Å²) in [5, 5.41) is 9.28. The smallest absolute Gasteiger partial charge is 0.200 e. The van der Waals surface area contributed by atoms with E-state index in [1.54, 1.807) is 12.3 Å². The van der Waals surface area contributed by atoms with Crippen LogP contribution in [0.4, 0.5) is 4.39 Å². The molecule has 114 valence electrons. The molecule has 22 heavy (non-hydrogen) atoms. The van der Waals surface area contributed by atoms with E-state index in [1.165, 1.54) is 23.9 Å². The van der Waals surface area contributed by atoms with Crippen LogP contribution in [0.15, 0.2) is 52.2 Å². The third kappa shape index (κ3) is 3.06. The van der Waals surface area contributed by atoms with E-state index in [4.69, 9.17) is 4.42 Å². The Labute approximate surface area is 132 Å². The van der Waals surface area contributed by atoms with Gasteiger partial charge in [-0.25, -0.2) is 4.39 Å². The molecule has 2 aromatic heterocycles. The van der Waals surface area contributed by atoms with Crippen molar-refractivity contribution in [3.8, 4) is 11.6 Å². The minimum atomic E-state index is -0.222. The van der Waals surface area contributed by atoms with E-state index < -0.39 is 0 Å². The SMILES string of the molecule is CC(C)n1c(SCc2cccc(F)c2)nnc1-c1ccco1. The maximum atomic E-state index is 13.2. The van der Waals surface area contributed by atoms with Crippen molar-refractivity contribution in [2.45, 2.75) is 30.8 Å². The van der Waals surface area contributed by atoms with Crippen molar-refractivity contribution in [3.63, 3.8) is 0 Å². The summed E-state index contributed by atoms with van der Waals surface area (Å²) in [5.41, 5.74) is 0.919. The van der Waals surface area contributed by atoms with Crippen LogP contribution in [0.2, 0.25) is 0 Å². The normalized spacial score (nSPS) is 11.3. The molecule has 0 saturated carbocycles. The second kappa shape index (κ2) is 6.36. The fourth-order valence-electron chi connectivity index (χ4n) is 2.19. The third-order valence-corrected chi connectivity index (χ3v) is 4.19. The van der Waals surface area contributed by atoms with E-state index in [9.17, 15) is 4.39 Å². The van der Waals surface area contributed by atoms with Crippen molar-refractivity contribution in [1.29, 1.82) is 0 Å². The first-order chi connectivity index (χ1) is 10.6. The lowest BCUT2D eigenvalue weighted by atomic mass is 10.2. The number of nitrogens with zero attached hydrogens (tertiary/aromatic N) is 3. The molecule has 3 rings (SSSR count). The van der Waals surface area contributed by atoms with Crippen molar-refractivity contribution in [2.24, 2.45) is 0 Å². The zero-order valence-electron chi connectivity index (χ0n) is 12.4. The molecule has 4 nitrogen and oxygen atoms in total. The summed E-state index contributed by atoms with van der Waals surface area (Å²) in [6.45, 7) is 4.14. The van der Waals surface area contributed by atoms with Crippen LogP contribution >= 0.6 is 11.8 Å². The Morgan fingerprint density at radius 1 is 1.23 bits per heavy atom. The largest absolute Gasteiger partial charge is 0.461 e. The highest BCUT2D eigenvalue weighted by Crippen LogP contribution is 2.29. The molecule has 0 aliphatic rings. The second-order valence-corrected chi connectivity index (χ2v) is 6.11. The molecule has 0 saturated heterocycles. The lowest BCUT2D eigenvalue weighted by Crippen LogP contribution is -2.04. The summed E-state index contributed by atoms with van der Waals surface area (Å²) in [4.78, 5) is 0. The topological polar surface area (TPSA) is 43.9 Å². The summed E-state index contributed by atoms with van der Waals surface area (Å²) in [7, 11) is 0. The maximum Gasteiger partial charge on any atom is 0.200 e. The molecule has 0 amide bonds. The molecular formula is C16H16FN3OS. The number of hydrogen-bond donors (Lipinski definition) is 0. The highest BCUT2D eigenvalue weighted by molar-refractivity contribution is 7.98. The lowest BCUT2D eigenvalue weighted by Gasteiger charge is -2.12. The summed E-state index contributed by atoms with van der Waals surface area (Å²) in [6.07, 6.45) is 1.62. The van der Waals surface area contributed by atoms with E-state index in [2.05, 4.69) is 24.0 Å². The first kappa shape index (κ1) is 14.8. The minimum Gasteiger partial charge on any atom is -0.461 e. The number of halogens is 1. The van der Waals surface area contributed by atoms with Crippen LogP contribution in [0.1, 0.15) is 25.5 Å². The Bertz CT molecular complexity index is 753. The maximum absolute atomic E-state index is 13.2. The van der Waals surface area contributed by atoms with Gasteiger partial charge in [0.15, 0.2) is 10.9 Å². The number of benzene rings is 1. The molecule has 0 spiro atoms. The van der Waals surface area contributed by atoms with Gasteiger partial charge in [0.25, 0.3) is 0 Å². The zero-order chi connectivity index (χ0) is 15.5. The quantitative estimate of drug-likeness (QED) is 0.648. The molecule has 0 aliphatic heterocycles. The minimum absolute atomic E-state index is 0.199. The summed E-state index contributed by atoms with van der Waals surface area (Å²) in [5.74, 6) is 1.82. The van der Waals surface area contributed by atoms with Gasteiger partial charge < -0.3 is 4.42 Å². The molecule has 0 bridgehead atoms. The van der Waals surface area contributed by atoms with Crippen LogP contribution in [0.25, 0.3) is 11.6 Å². The third-order valence-electron chi connectivity index (χ3n) is 3.18. The van der Waals surface area contributed by atoms with Gasteiger partial charge in [0.1, 0.15) is 5.82 Å². The van der Waals surface area contributed by atoms with Crippen molar-refractivity contribution >= 4 is 11.8 Å². The fraction of sp³-hybridized carbons (Fsp3) is 0.250. The van der Waals surface area contributed by atoms with Gasteiger partial charge in [0, 0.05) is 11.8 Å². The molecule has 3 aromatic rings. The van der Waals surface area contributed by atoms with Gasteiger partial charge in [0.05, 0.1) is 6.26 Å². The predicted octanol–water partition coefficient (Wildman–Crippen LogP) is 4.55. The number of rotatable bonds is 5. The number of thioether (sulfide) groups is 1. The monoisotopic (exact) mass is 317 g/mol. The van der Waals surface area contributed by atoms with Crippen LogP contribution < -0.4 is 0 Å². The Balaban J connectivity index is 1.85. The van der Waals surface area contributed by atoms with Crippen molar-refractivity contribution in [1.82, 2.24) is 14.8 Å². The summed E-state index contributed by atoms with van der Waals surface area (Å²) < 4.78 is 20.7. The molecule has 0 atom stereocenters. The highest BCUT2D eigenvalue weighted by Gasteiger charge is 2.18. The number of furan rings is 1. The van der Waals surface area contributed by atoms with Gasteiger partial charge in [0.2, 0.25) is 5.82 Å². The van der Waals surface area contributed by atoms with Crippen molar-refractivity contribution in [2.75, 3.05) is 0 Å². The first-order valence-corrected chi connectivity index (χ1v) is 7.99. The van der Waals surface area contributed by atoms with E-state index in [-0.39, 0.29) is 11.9 Å². The van der Waals surface area contributed by atoms with E-state index >= 15 is 0 Å². The average molecular weight is 317 g/mol. The Morgan fingerprint density at radius 3 is 2.77 bits per heavy atom. The fourth-order valence-corrected chi connectivity index (χ4v) is 3.20. The van der Waals surface area contributed by atoms with Gasteiger partial charge in [-0.3, -0.25) is 4.57 Å². The highest BCUT2D eigenvalue weighted by atomic mass is 32.2. The van der Waals surface area contributed by atoms with Gasteiger partial charge in [-0.1, -0.05) is 23.9 Å². The first-order valence-electron chi connectivity index (χ1n) is 7.01. The average Bonchev–Trinajstić information content (AvgIpc) is 3.14. The number of aromatic nitrogens is 3. The Hall–Kier alpha value is -2.08. The van der Waals surface area contributed by atoms with E-state index in [1.807, 2.05) is 22.8 Å². The predicted molar refractivity (Wildman–Crippen MR) is 84.1 cm³/mol. The molecule has 0 aliphatic carbocycles. The van der Waals surface area contributed by atoms with Crippen LogP contribution in [0, 0.1) is 5.82 Å². The molecule has 0 N–H and O–H groups in total. The van der Waals surface area contributed by atoms with E-state index in [0.29, 0.717) is 17.3 Å². The lowest BCUT2D eigenvalue weighted by molar-refractivity contribution is 0.529. The zero-order valence-corrected chi connectivity index (χ0v) is 13.2. The van der Waals surface area contributed by atoms with Gasteiger partial charge in [-0.2, -0.15) is 0 Å². The second-order valence-electron chi connectivity index (χ2n) is 5.17. The summed E-state index contributed by atoms with van der Waals surface area (Å²) >= 11 is 1.54. The van der Waals surface area contributed by atoms with Gasteiger partial charge >= 0.3 is 0 Å². The molecular weight excluding hydrogens is 301 g/mol. The van der Waals surface area contributed by atoms with Gasteiger partial charge in [-0.15, -0.1) is 10.2 Å². The van der Waals surface area contributed by atoms with Gasteiger partial charge in [-0.05, 0) is 43.7 Å². The van der Waals surface area contributed by atoms with Crippen LogP contribution in [-0.4, -0.2) is 14.8 Å². The molecule has 6 heteroatoms. The molecule has 1 aromatic carbocycles. The summed E-state index contributed by atoms with van der Waals surface area (Å²) in [6, 6.07) is 10.5.